The van der Waals surface area contributed by atoms with E-state index in [4.69, 9.17) is 26.6 Å². The van der Waals surface area contributed by atoms with Crippen molar-refractivity contribution in [1.82, 2.24) is 15.0 Å². The first-order chi connectivity index (χ1) is 33.1. The minimum Gasteiger partial charge on any atom is -0.462 e. The molecule has 0 aliphatic heterocycles. The van der Waals surface area contributed by atoms with Crippen molar-refractivity contribution in [1.29, 1.82) is 0 Å². The number of hydrogen-bond donors (Lipinski definition) is 3. The van der Waals surface area contributed by atoms with Crippen LogP contribution in [0.4, 0.5) is 34.9 Å². The van der Waals surface area contributed by atoms with Crippen LogP contribution < -0.4 is 16.0 Å². The summed E-state index contributed by atoms with van der Waals surface area (Å²) in [7, 11) is -10.7. The van der Waals surface area contributed by atoms with Crippen LogP contribution in [-0.2, 0) is 26.6 Å². The van der Waals surface area contributed by atoms with Gasteiger partial charge in [-0.1, -0.05) is 20.8 Å². The fraction of sp³-hybridized carbons (Fsp3) is 0.529. The number of hydrogen-bond acceptors (Lipinski definition) is 15. The normalized spacial score (nSPS) is 13.9. The Bertz CT molecular complexity index is 2130. The Hall–Kier alpha value is -4.34. The van der Waals surface area contributed by atoms with Crippen molar-refractivity contribution in [3.63, 3.8) is 0 Å². The van der Waals surface area contributed by atoms with E-state index in [2.05, 4.69) is 150 Å². The third-order valence-corrected chi connectivity index (χ3v) is 29.5. The summed E-state index contributed by atoms with van der Waals surface area (Å²) in [5, 5.41) is 9.69. The molecule has 15 nitrogen and oxygen atoms in total. The Morgan fingerprint density at radius 1 is 0.389 bits per heavy atom. The number of carbonyl (C=O) groups excluding carboxylic acids is 3. The van der Waals surface area contributed by atoms with Gasteiger partial charge in [0.2, 0.25) is 17.8 Å². The Morgan fingerprint density at radius 3 is 0.792 bits per heavy atom. The Morgan fingerprint density at radius 2 is 0.597 bits per heavy atom. The Labute approximate surface area is 436 Å². The average Bonchev–Trinajstić information content (AvgIpc) is 3.21. The van der Waals surface area contributed by atoms with Crippen molar-refractivity contribution in [3.05, 3.63) is 89.5 Å². The molecule has 4 rings (SSSR count). The monoisotopic (exact) mass is 1090 g/mol. The zero-order valence-corrected chi connectivity index (χ0v) is 52.4. The molecule has 0 spiro atoms. The molecule has 0 amide bonds. The van der Waals surface area contributed by atoms with Crippen molar-refractivity contribution < 1.29 is 40.9 Å². The van der Waals surface area contributed by atoms with Gasteiger partial charge in [0.05, 0.1) is 36.5 Å². The van der Waals surface area contributed by atoms with Crippen LogP contribution in [-0.4, -0.2) is 103 Å². The quantitative estimate of drug-likeness (QED) is 0.0291. The van der Waals surface area contributed by atoms with Crippen molar-refractivity contribution in [3.8, 4) is 0 Å². The molecule has 3 aromatic carbocycles. The number of esters is 3. The van der Waals surface area contributed by atoms with Gasteiger partial charge in [0.1, 0.15) is 0 Å². The highest BCUT2D eigenvalue weighted by molar-refractivity contribution is 6.85. The predicted molar refractivity (Wildman–Crippen MR) is 308 cm³/mol. The first-order valence-corrected chi connectivity index (χ1v) is 44.7. The zero-order valence-electron chi connectivity index (χ0n) is 46.4. The van der Waals surface area contributed by atoms with E-state index >= 15 is 0 Å². The summed E-state index contributed by atoms with van der Waals surface area (Å²) in [4.78, 5) is 53.2. The van der Waals surface area contributed by atoms with E-state index in [9.17, 15) is 14.4 Å². The molecule has 0 saturated heterocycles. The smallest absolute Gasteiger partial charge is 0.338 e. The zero-order chi connectivity index (χ0) is 53.9. The van der Waals surface area contributed by atoms with Gasteiger partial charge in [-0.15, -0.1) is 0 Å². The molecule has 0 bridgehead atoms. The molecule has 0 radical (unpaired) electrons. The number of nitrogens with zero attached hydrogens (tertiary/aromatic N) is 3. The molecule has 1 heterocycles. The highest BCUT2D eigenvalue weighted by Gasteiger charge is 2.34. The van der Waals surface area contributed by atoms with Gasteiger partial charge in [-0.3, -0.25) is 0 Å². The summed E-state index contributed by atoms with van der Waals surface area (Å²) >= 11 is 0. The second kappa shape index (κ2) is 25.3. The second-order valence-corrected chi connectivity index (χ2v) is 51.0. The minimum atomic E-state index is -1.90. The standard InChI is InChI=1S/C51H84N6O9Si6/c1-37(34-70(13,14)64-67(4,5)6)31-61-46(58)40-19-25-43(26-20-40)52-49-55-50(53-44-27-21-41(22-28-44)47(59)62-32-38(2)35-71(15,16)65-68(7,8)9)57-51(56-49)54-45-29-23-42(24-30-45)48(60)63-33-39(3)36-72(17,18)66-69(10,11)12/h19-30,37-39H,31-36H2,1-18H3,(H3,52,53,54,55,56,57). The van der Waals surface area contributed by atoms with Gasteiger partial charge in [-0.05, 0) is 207 Å². The van der Waals surface area contributed by atoms with Crippen molar-refractivity contribution >= 4 is 103 Å². The van der Waals surface area contributed by atoms with Crippen molar-refractivity contribution in [2.24, 2.45) is 17.8 Å². The third kappa shape index (κ3) is 22.8. The number of carbonyl (C=O) groups is 3. The van der Waals surface area contributed by atoms with E-state index in [1.54, 1.807) is 72.8 Å². The van der Waals surface area contributed by atoms with Gasteiger partial charge in [0.25, 0.3) is 0 Å². The number of ether oxygens (including phenoxy) is 3. The molecule has 1 aromatic heterocycles. The summed E-state index contributed by atoms with van der Waals surface area (Å²) < 4.78 is 36.6. The van der Waals surface area contributed by atoms with Gasteiger partial charge < -0.3 is 42.5 Å². The van der Waals surface area contributed by atoms with Gasteiger partial charge in [0, 0.05) is 17.1 Å². The molecule has 3 atom stereocenters. The van der Waals surface area contributed by atoms with Crippen LogP contribution in [0, 0.1) is 17.8 Å². The lowest BCUT2D eigenvalue weighted by atomic mass is 10.2. The maximum absolute atomic E-state index is 13.1. The number of rotatable bonds is 27. The average molecular weight is 1090 g/mol. The van der Waals surface area contributed by atoms with E-state index in [0.29, 0.717) is 53.6 Å². The molecule has 0 fully saturated rings. The van der Waals surface area contributed by atoms with Gasteiger partial charge in [0.15, 0.2) is 49.9 Å². The molecular formula is C51H84N6O9Si6. The highest BCUT2D eigenvalue weighted by atomic mass is 28.4. The molecule has 3 unspecified atom stereocenters. The SMILES string of the molecule is CC(COC(=O)c1ccc(Nc2nc(Nc3ccc(C(=O)OCC(C)C[Si](C)(C)O[Si](C)(C)C)cc3)nc(Nc3ccc(C(=O)OCC(C)C[Si](C)(C)O[Si](C)(C)C)cc3)n2)cc1)C[Si](C)(C)O[Si](C)(C)C. The van der Waals surface area contributed by atoms with Gasteiger partial charge >= 0.3 is 17.9 Å². The van der Waals surface area contributed by atoms with Crippen molar-refractivity contribution in [2.45, 2.75) is 137 Å². The molecular weight excluding hydrogens is 1010 g/mol. The van der Waals surface area contributed by atoms with Crippen molar-refractivity contribution in [2.75, 3.05) is 35.8 Å². The Kier molecular flexibility index (Phi) is 21.1. The first kappa shape index (κ1) is 60.2. The lowest BCUT2D eigenvalue weighted by Crippen LogP contribution is -2.43. The van der Waals surface area contributed by atoms with E-state index in [1.807, 2.05) is 0 Å². The van der Waals surface area contributed by atoms with E-state index in [0.717, 1.165) is 18.1 Å². The van der Waals surface area contributed by atoms with Crippen LogP contribution in [0.1, 0.15) is 51.8 Å². The third-order valence-electron chi connectivity index (χ3n) is 10.5. The molecule has 21 heteroatoms. The molecule has 3 N–H and O–H groups in total. The van der Waals surface area contributed by atoms with E-state index in [1.165, 1.54) is 0 Å². The second-order valence-electron chi connectivity index (χ2n) is 24.1. The molecule has 0 saturated carbocycles. The van der Waals surface area contributed by atoms with Crippen LogP contribution in [0.3, 0.4) is 0 Å². The maximum Gasteiger partial charge on any atom is 0.338 e. The summed E-state index contributed by atoms with van der Waals surface area (Å²) in [6, 6.07) is 23.4. The van der Waals surface area contributed by atoms with Crippen LogP contribution >= 0.6 is 0 Å². The molecule has 0 aliphatic carbocycles. The fourth-order valence-electron chi connectivity index (χ4n) is 9.21. The number of nitrogens with one attached hydrogen (secondary N) is 3. The number of anilines is 6. The van der Waals surface area contributed by atoms with Gasteiger partial charge in [-0.2, -0.15) is 15.0 Å². The minimum absolute atomic E-state index is 0.170. The fourth-order valence-corrected chi connectivity index (χ4v) is 35.5. The lowest BCUT2D eigenvalue weighted by Gasteiger charge is -2.33. The molecule has 72 heavy (non-hydrogen) atoms. The van der Waals surface area contributed by atoms with Crippen LogP contribution in [0.25, 0.3) is 0 Å². The molecule has 396 valence electrons. The lowest BCUT2D eigenvalue weighted by molar-refractivity contribution is 0.0449. The summed E-state index contributed by atoms with van der Waals surface area (Å²) in [5.74, 6) is -0.0748. The molecule has 0 aliphatic rings. The highest BCUT2D eigenvalue weighted by Crippen LogP contribution is 2.28. The largest absolute Gasteiger partial charge is 0.462 e. The van der Waals surface area contributed by atoms with Gasteiger partial charge in [-0.25, -0.2) is 14.4 Å². The maximum atomic E-state index is 13.1. The molecule has 4 aromatic rings. The predicted octanol–water partition coefficient (Wildman–Crippen LogP) is 13.7. The topological polar surface area (TPSA) is 181 Å². The first-order valence-electron chi connectivity index (χ1n) is 25.1. The van der Waals surface area contributed by atoms with Crippen LogP contribution in [0.15, 0.2) is 72.8 Å². The van der Waals surface area contributed by atoms with E-state index in [-0.39, 0.29) is 35.6 Å². The van der Waals surface area contributed by atoms with E-state index < -0.39 is 67.8 Å². The summed E-state index contributed by atoms with van der Waals surface area (Å²) in [5.41, 5.74) is 3.12. The summed E-state index contributed by atoms with van der Waals surface area (Å²) in [6.45, 7) is 40.4. The summed E-state index contributed by atoms with van der Waals surface area (Å²) in [6.07, 6.45) is 0. The Balaban J connectivity index is 1.47. The van der Waals surface area contributed by atoms with Crippen LogP contribution in [0.2, 0.25) is 116 Å². The number of benzene rings is 3. The number of aromatic nitrogens is 3. The van der Waals surface area contributed by atoms with Crippen LogP contribution in [0.5, 0.6) is 0 Å².